The minimum Gasteiger partial charge on any atom is -0.431 e. The Labute approximate surface area is 173 Å². The summed E-state index contributed by atoms with van der Waals surface area (Å²) in [5, 5.41) is 3.20. The van der Waals surface area contributed by atoms with E-state index in [0.717, 1.165) is 24.8 Å². The highest BCUT2D eigenvalue weighted by molar-refractivity contribution is 7.99. The average Bonchev–Trinajstić information content (AvgIpc) is 3.16. The topological polar surface area (TPSA) is 92.5 Å². The summed E-state index contributed by atoms with van der Waals surface area (Å²) in [5.74, 6) is -0.0791. The van der Waals surface area contributed by atoms with Crippen LogP contribution in [-0.2, 0) is 14.8 Å². The molecule has 1 saturated heterocycles. The molecule has 4 rings (SSSR count). The van der Waals surface area contributed by atoms with Gasteiger partial charge in [0.1, 0.15) is 5.52 Å². The number of amides is 1. The summed E-state index contributed by atoms with van der Waals surface area (Å²) in [4.78, 5) is 16.8. The maximum absolute atomic E-state index is 12.7. The summed E-state index contributed by atoms with van der Waals surface area (Å²) in [5.41, 5.74) is 1.98. The van der Waals surface area contributed by atoms with Crippen LogP contribution in [0.4, 0.5) is 5.69 Å². The van der Waals surface area contributed by atoms with Crippen molar-refractivity contribution in [3.05, 3.63) is 48.5 Å². The normalized spacial score (nSPS) is 15.4. The van der Waals surface area contributed by atoms with Crippen molar-refractivity contribution in [2.75, 3.05) is 24.2 Å². The zero-order valence-corrected chi connectivity index (χ0v) is 17.3. The second-order valence-electron chi connectivity index (χ2n) is 6.77. The molecular formula is C20H21N3O4S2. The van der Waals surface area contributed by atoms with E-state index in [2.05, 4.69) is 10.3 Å². The van der Waals surface area contributed by atoms with E-state index < -0.39 is 10.0 Å². The minimum atomic E-state index is -3.47. The van der Waals surface area contributed by atoms with Crippen LogP contribution < -0.4 is 5.32 Å². The molecule has 9 heteroatoms. The van der Waals surface area contributed by atoms with Gasteiger partial charge in [0.25, 0.3) is 5.22 Å². The van der Waals surface area contributed by atoms with Crippen LogP contribution in [0.2, 0.25) is 0 Å². The first-order valence-corrected chi connectivity index (χ1v) is 11.8. The molecule has 0 unspecified atom stereocenters. The predicted molar refractivity (Wildman–Crippen MR) is 112 cm³/mol. The van der Waals surface area contributed by atoms with Crippen molar-refractivity contribution in [2.45, 2.75) is 29.4 Å². The van der Waals surface area contributed by atoms with Gasteiger partial charge < -0.3 is 9.73 Å². The molecule has 152 valence electrons. The number of hydrogen-bond acceptors (Lipinski definition) is 6. The summed E-state index contributed by atoms with van der Waals surface area (Å²) in [7, 11) is -3.47. The summed E-state index contributed by atoms with van der Waals surface area (Å²) in [6, 6.07) is 13.7. The average molecular weight is 432 g/mol. The Morgan fingerprint density at radius 3 is 2.52 bits per heavy atom. The molecule has 2 heterocycles. The van der Waals surface area contributed by atoms with Crippen molar-refractivity contribution < 1.29 is 17.6 Å². The molecule has 29 heavy (non-hydrogen) atoms. The maximum Gasteiger partial charge on any atom is 0.257 e. The van der Waals surface area contributed by atoms with Gasteiger partial charge in [-0.15, -0.1) is 0 Å². The van der Waals surface area contributed by atoms with E-state index in [1.54, 1.807) is 12.1 Å². The zero-order chi connectivity index (χ0) is 20.3. The number of benzene rings is 2. The molecule has 0 spiro atoms. The van der Waals surface area contributed by atoms with Gasteiger partial charge in [-0.05, 0) is 49.2 Å². The Kier molecular flexibility index (Phi) is 5.89. The van der Waals surface area contributed by atoms with Gasteiger partial charge in [0.05, 0.1) is 10.6 Å². The number of carbonyl (C=O) groups is 1. The molecule has 0 atom stereocenters. The molecule has 7 nitrogen and oxygen atoms in total. The number of hydrogen-bond donors (Lipinski definition) is 1. The zero-order valence-electron chi connectivity index (χ0n) is 15.7. The molecule has 0 aliphatic carbocycles. The highest BCUT2D eigenvalue weighted by atomic mass is 32.2. The first kappa shape index (κ1) is 19.9. The predicted octanol–water partition coefficient (Wildman–Crippen LogP) is 3.73. The van der Waals surface area contributed by atoms with E-state index in [4.69, 9.17) is 4.42 Å². The molecule has 0 saturated carbocycles. The number of aromatic nitrogens is 1. The third-order valence-electron chi connectivity index (χ3n) is 4.69. The number of nitrogens with one attached hydrogen (secondary N) is 1. The van der Waals surface area contributed by atoms with Crippen molar-refractivity contribution in [2.24, 2.45) is 0 Å². The lowest BCUT2D eigenvalue weighted by Gasteiger charge is -2.25. The second-order valence-corrected chi connectivity index (χ2v) is 9.64. The molecule has 1 fully saturated rings. The van der Waals surface area contributed by atoms with Crippen LogP contribution in [0.3, 0.4) is 0 Å². The third-order valence-corrected chi connectivity index (χ3v) is 7.43. The van der Waals surface area contributed by atoms with Gasteiger partial charge in [0.2, 0.25) is 15.9 Å². The summed E-state index contributed by atoms with van der Waals surface area (Å²) < 4.78 is 32.5. The lowest BCUT2D eigenvalue weighted by Crippen LogP contribution is -2.35. The fourth-order valence-corrected chi connectivity index (χ4v) is 5.36. The Morgan fingerprint density at radius 2 is 1.79 bits per heavy atom. The molecule has 1 aromatic heterocycles. The van der Waals surface area contributed by atoms with Crippen LogP contribution in [-0.4, -0.2) is 42.5 Å². The van der Waals surface area contributed by atoms with Crippen LogP contribution in [0.1, 0.15) is 19.3 Å². The Morgan fingerprint density at radius 1 is 1.07 bits per heavy atom. The summed E-state index contributed by atoms with van der Waals surface area (Å²) in [6.45, 7) is 1.13. The van der Waals surface area contributed by atoms with Crippen LogP contribution in [0.25, 0.3) is 11.1 Å². The largest absolute Gasteiger partial charge is 0.431 e. The third kappa shape index (κ3) is 4.63. The van der Waals surface area contributed by atoms with Gasteiger partial charge in [-0.3, -0.25) is 4.79 Å². The van der Waals surface area contributed by atoms with Gasteiger partial charge in [-0.1, -0.05) is 30.3 Å². The van der Waals surface area contributed by atoms with E-state index in [1.807, 2.05) is 24.3 Å². The summed E-state index contributed by atoms with van der Waals surface area (Å²) in [6.07, 6.45) is 2.86. The SMILES string of the molecule is O=C(CSc1nc2ccccc2o1)Nc1ccc(S(=O)(=O)N2CCCCC2)cc1. The maximum atomic E-state index is 12.7. The van der Waals surface area contributed by atoms with Crippen molar-refractivity contribution in [1.82, 2.24) is 9.29 Å². The second kappa shape index (κ2) is 8.56. The molecule has 1 aliphatic heterocycles. The molecule has 0 bridgehead atoms. The van der Waals surface area contributed by atoms with Gasteiger partial charge in [0, 0.05) is 18.8 Å². The molecule has 3 aromatic rings. The molecule has 2 aromatic carbocycles. The van der Waals surface area contributed by atoms with Crippen molar-refractivity contribution >= 4 is 44.5 Å². The fourth-order valence-electron chi connectivity index (χ4n) is 3.20. The van der Waals surface area contributed by atoms with E-state index in [-0.39, 0.29) is 16.6 Å². The van der Waals surface area contributed by atoms with Gasteiger partial charge in [-0.2, -0.15) is 4.31 Å². The smallest absolute Gasteiger partial charge is 0.257 e. The van der Waals surface area contributed by atoms with Gasteiger partial charge >= 0.3 is 0 Å². The number of fused-ring (bicyclic) bond motifs is 1. The van der Waals surface area contributed by atoms with E-state index in [9.17, 15) is 13.2 Å². The highest BCUT2D eigenvalue weighted by Crippen LogP contribution is 2.24. The lowest BCUT2D eigenvalue weighted by molar-refractivity contribution is -0.113. The number of anilines is 1. The number of piperidine rings is 1. The standard InChI is InChI=1S/C20H21N3O4S2/c24-19(14-28-20-22-17-6-2-3-7-18(17)27-20)21-15-8-10-16(11-9-15)29(25,26)23-12-4-1-5-13-23/h2-3,6-11H,1,4-5,12-14H2,(H,21,24). The number of rotatable bonds is 6. The number of para-hydroxylation sites is 2. The van der Waals surface area contributed by atoms with Crippen LogP contribution in [0.5, 0.6) is 0 Å². The molecular weight excluding hydrogens is 410 g/mol. The molecule has 1 amide bonds. The molecule has 1 N–H and O–H groups in total. The van der Waals surface area contributed by atoms with Crippen molar-refractivity contribution in [3.8, 4) is 0 Å². The quantitative estimate of drug-likeness (QED) is 0.598. The Balaban J connectivity index is 1.35. The fraction of sp³-hybridized carbons (Fsp3) is 0.300. The number of carbonyl (C=O) groups excluding carboxylic acids is 1. The van der Waals surface area contributed by atoms with Gasteiger partial charge in [0.15, 0.2) is 5.58 Å². The summed E-state index contributed by atoms with van der Waals surface area (Å²) >= 11 is 1.21. The van der Waals surface area contributed by atoms with Crippen molar-refractivity contribution in [3.63, 3.8) is 0 Å². The van der Waals surface area contributed by atoms with Crippen molar-refractivity contribution in [1.29, 1.82) is 0 Å². The number of thioether (sulfide) groups is 1. The first-order chi connectivity index (χ1) is 14.0. The number of sulfonamides is 1. The van der Waals surface area contributed by atoms with Crippen LogP contribution in [0, 0.1) is 0 Å². The van der Waals surface area contributed by atoms with E-state index in [0.29, 0.717) is 29.6 Å². The van der Waals surface area contributed by atoms with Crippen LogP contribution >= 0.6 is 11.8 Å². The lowest BCUT2D eigenvalue weighted by atomic mass is 10.2. The monoisotopic (exact) mass is 431 g/mol. The van der Waals surface area contributed by atoms with Crippen LogP contribution in [0.15, 0.2) is 63.1 Å². The minimum absolute atomic E-state index is 0.140. The molecule has 1 aliphatic rings. The van der Waals surface area contributed by atoms with E-state index in [1.165, 1.54) is 28.2 Å². The first-order valence-electron chi connectivity index (χ1n) is 9.41. The van der Waals surface area contributed by atoms with E-state index >= 15 is 0 Å². The number of oxazole rings is 1. The molecule has 0 radical (unpaired) electrons. The highest BCUT2D eigenvalue weighted by Gasteiger charge is 2.25. The van der Waals surface area contributed by atoms with Gasteiger partial charge in [-0.25, -0.2) is 13.4 Å². The number of nitrogens with zero attached hydrogens (tertiary/aromatic N) is 2. The Hall–Kier alpha value is -2.36. The Bertz CT molecular complexity index is 1070.